The second-order valence-corrected chi connectivity index (χ2v) is 7.05. The Bertz CT molecular complexity index is 947. The molecule has 1 heterocycles. The molecule has 0 saturated heterocycles. The van der Waals surface area contributed by atoms with Crippen LogP contribution in [0, 0.1) is 0 Å². The Labute approximate surface area is 158 Å². The van der Waals surface area contributed by atoms with E-state index in [0.717, 1.165) is 41.2 Å². The van der Waals surface area contributed by atoms with Gasteiger partial charge >= 0.3 is 0 Å². The normalized spacial score (nSPS) is 15.4. The number of nitrogens with two attached hydrogens (primary N) is 1. The number of nitrogens with zero attached hydrogens (tertiary/aromatic N) is 2. The standard InChI is InChI=1S/C21H24N4O2/c1-14(21(22)26)23-13-20-24-18-11-10-17(27-16-8-3-2-4-9-16)12-19(18)25(20)15-6-5-7-15/h2-4,8-12,14-15,23H,5-7,13H2,1H3,(H2,22,26)/t14-/m1/s1. The van der Waals surface area contributed by atoms with Crippen molar-refractivity contribution < 1.29 is 9.53 Å². The number of carbonyl (C=O) groups excluding carboxylic acids is 1. The molecule has 3 aromatic rings. The molecule has 0 aliphatic heterocycles. The summed E-state index contributed by atoms with van der Waals surface area (Å²) in [5, 5.41) is 3.17. The summed E-state index contributed by atoms with van der Waals surface area (Å²) in [6.07, 6.45) is 3.52. The van der Waals surface area contributed by atoms with Crippen LogP contribution in [0.25, 0.3) is 11.0 Å². The van der Waals surface area contributed by atoms with Gasteiger partial charge in [-0.3, -0.25) is 10.1 Å². The Morgan fingerprint density at radius 1 is 1.26 bits per heavy atom. The molecule has 4 rings (SSSR count). The molecule has 1 amide bonds. The van der Waals surface area contributed by atoms with Crippen molar-refractivity contribution in [3.8, 4) is 11.5 Å². The van der Waals surface area contributed by atoms with Gasteiger partial charge in [-0.05, 0) is 50.5 Å². The summed E-state index contributed by atoms with van der Waals surface area (Å²) in [4.78, 5) is 16.1. The highest BCUT2D eigenvalue weighted by molar-refractivity contribution is 5.79. The van der Waals surface area contributed by atoms with Crippen molar-refractivity contribution in [3.05, 3.63) is 54.4 Å². The lowest BCUT2D eigenvalue weighted by atomic mass is 9.92. The lowest BCUT2D eigenvalue weighted by molar-refractivity contribution is -0.119. The van der Waals surface area contributed by atoms with Gasteiger partial charge in [0.05, 0.1) is 23.6 Å². The molecule has 1 saturated carbocycles. The third kappa shape index (κ3) is 3.66. The monoisotopic (exact) mass is 364 g/mol. The van der Waals surface area contributed by atoms with Gasteiger partial charge < -0.3 is 15.0 Å². The molecule has 0 radical (unpaired) electrons. The van der Waals surface area contributed by atoms with Crippen molar-refractivity contribution >= 4 is 16.9 Å². The number of rotatable bonds is 7. The van der Waals surface area contributed by atoms with E-state index in [-0.39, 0.29) is 5.91 Å². The van der Waals surface area contributed by atoms with Crippen LogP contribution in [0.4, 0.5) is 0 Å². The SMILES string of the molecule is C[C@@H](NCc1nc2ccc(Oc3ccccc3)cc2n1C1CCC1)C(N)=O. The van der Waals surface area contributed by atoms with Crippen molar-refractivity contribution in [2.75, 3.05) is 0 Å². The van der Waals surface area contributed by atoms with Crippen LogP contribution in [-0.2, 0) is 11.3 Å². The fourth-order valence-corrected chi connectivity index (χ4v) is 3.33. The second-order valence-electron chi connectivity index (χ2n) is 7.05. The molecule has 0 spiro atoms. The molecule has 0 bridgehead atoms. The van der Waals surface area contributed by atoms with E-state index in [1.54, 1.807) is 6.92 Å². The summed E-state index contributed by atoms with van der Waals surface area (Å²) in [5.41, 5.74) is 7.36. The molecule has 2 aromatic carbocycles. The maximum Gasteiger partial charge on any atom is 0.234 e. The zero-order chi connectivity index (χ0) is 18.8. The third-order valence-electron chi connectivity index (χ3n) is 5.15. The maximum atomic E-state index is 11.3. The molecule has 1 aliphatic rings. The van der Waals surface area contributed by atoms with Gasteiger partial charge in [0.25, 0.3) is 0 Å². The lowest BCUT2D eigenvalue weighted by Gasteiger charge is -2.29. The molecule has 3 N–H and O–H groups in total. The van der Waals surface area contributed by atoms with Crippen LogP contribution in [0.5, 0.6) is 11.5 Å². The first-order valence-corrected chi connectivity index (χ1v) is 9.38. The lowest BCUT2D eigenvalue weighted by Crippen LogP contribution is -2.39. The number of imidazole rings is 1. The van der Waals surface area contributed by atoms with Gasteiger partial charge in [-0.15, -0.1) is 0 Å². The van der Waals surface area contributed by atoms with Gasteiger partial charge in [0.15, 0.2) is 0 Å². The number of carbonyl (C=O) groups is 1. The molecular formula is C21H24N4O2. The fourth-order valence-electron chi connectivity index (χ4n) is 3.33. The van der Waals surface area contributed by atoms with E-state index >= 15 is 0 Å². The summed E-state index contributed by atoms with van der Waals surface area (Å²) in [5.74, 6) is 2.17. The Hall–Kier alpha value is -2.86. The van der Waals surface area contributed by atoms with Crippen molar-refractivity contribution in [2.45, 2.75) is 44.8 Å². The largest absolute Gasteiger partial charge is 0.457 e. The molecule has 1 aromatic heterocycles. The Morgan fingerprint density at radius 3 is 2.70 bits per heavy atom. The summed E-state index contributed by atoms with van der Waals surface area (Å²) in [6, 6.07) is 15.8. The molecule has 1 fully saturated rings. The van der Waals surface area contributed by atoms with Gasteiger partial charge in [0, 0.05) is 12.1 Å². The summed E-state index contributed by atoms with van der Waals surface area (Å²) >= 11 is 0. The number of amides is 1. The van der Waals surface area contributed by atoms with E-state index in [1.165, 1.54) is 6.42 Å². The molecule has 27 heavy (non-hydrogen) atoms. The highest BCUT2D eigenvalue weighted by Crippen LogP contribution is 2.37. The minimum Gasteiger partial charge on any atom is -0.457 e. The smallest absolute Gasteiger partial charge is 0.234 e. The van der Waals surface area contributed by atoms with Crippen molar-refractivity contribution in [1.29, 1.82) is 0 Å². The topological polar surface area (TPSA) is 82.2 Å². The van der Waals surface area contributed by atoms with Crippen molar-refractivity contribution in [2.24, 2.45) is 5.73 Å². The molecule has 1 aliphatic carbocycles. The molecule has 1 atom stereocenters. The molecule has 6 heteroatoms. The Kier molecular flexibility index (Phi) is 4.81. The predicted molar refractivity (Wildman–Crippen MR) is 105 cm³/mol. The van der Waals surface area contributed by atoms with Gasteiger partial charge in [-0.1, -0.05) is 18.2 Å². The average molecular weight is 364 g/mol. The number of aromatic nitrogens is 2. The number of fused-ring (bicyclic) bond motifs is 1. The second kappa shape index (κ2) is 7.40. The zero-order valence-corrected chi connectivity index (χ0v) is 15.4. The molecular weight excluding hydrogens is 340 g/mol. The van der Waals surface area contributed by atoms with Crippen LogP contribution >= 0.6 is 0 Å². The third-order valence-corrected chi connectivity index (χ3v) is 5.15. The quantitative estimate of drug-likeness (QED) is 0.672. The average Bonchev–Trinajstić information content (AvgIpc) is 2.97. The van der Waals surface area contributed by atoms with E-state index in [1.807, 2.05) is 42.5 Å². The van der Waals surface area contributed by atoms with E-state index in [0.29, 0.717) is 12.6 Å². The highest BCUT2D eigenvalue weighted by Gasteiger charge is 2.25. The van der Waals surface area contributed by atoms with Gasteiger partial charge in [-0.2, -0.15) is 0 Å². The van der Waals surface area contributed by atoms with Crippen LogP contribution in [0.3, 0.4) is 0 Å². The molecule has 6 nitrogen and oxygen atoms in total. The number of primary amides is 1. The van der Waals surface area contributed by atoms with Crippen molar-refractivity contribution in [1.82, 2.24) is 14.9 Å². The van der Waals surface area contributed by atoms with Crippen LogP contribution in [0.1, 0.15) is 38.1 Å². The summed E-state index contributed by atoms with van der Waals surface area (Å²) in [6.45, 7) is 2.27. The van der Waals surface area contributed by atoms with Crippen LogP contribution in [0.15, 0.2) is 48.5 Å². The molecule has 140 valence electrons. The van der Waals surface area contributed by atoms with Crippen molar-refractivity contribution in [3.63, 3.8) is 0 Å². The van der Waals surface area contributed by atoms with Crippen LogP contribution < -0.4 is 15.8 Å². The highest BCUT2D eigenvalue weighted by atomic mass is 16.5. The number of hydrogen-bond acceptors (Lipinski definition) is 4. The number of para-hydroxylation sites is 1. The number of nitrogens with one attached hydrogen (secondary N) is 1. The zero-order valence-electron chi connectivity index (χ0n) is 15.4. The summed E-state index contributed by atoms with van der Waals surface area (Å²) in [7, 11) is 0. The van der Waals surface area contributed by atoms with Gasteiger partial charge in [0.2, 0.25) is 5.91 Å². The first kappa shape index (κ1) is 17.5. The first-order chi connectivity index (χ1) is 13.1. The minimum absolute atomic E-state index is 0.361. The molecule has 0 unspecified atom stereocenters. The number of ether oxygens (including phenoxy) is 1. The van der Waals surface area contributed by atoms with Gasteiger partial charge in [-0.25, -0.2) is 4.98 Å². The number of benzene rings is 2. The van der Waals surface area contributed by atoms with E-state index in [4.69, 9.17) is 15.5 Å². The van der Waals surface area contributed by atoms with E-state index < -0.39 is 6.04 Å². The predicted octanol–water partition coefficient (Wildman–Crippen LogP) is 3.52. The minimum atomic E-state index is -0.392. The van der Waals surface area contributed by atoms with E-state index in [2.05, 4.69) is 16.0 Å². The van der Waals surface area contributed by atoms with Crippen LogP contribution in [-0.4, -0.2) is 21.5 Å². The van der Waals surface area contributed by atoms with Crippen LogP contribution in [0.2, 0.25) is 0 Å². The maximum absolute atomic E-state index is 11.3. The first-order valence-electron chi connectivity index (χ1n) is 9.38. The Morgan fingerprint density at radius 2 is 2.04 bits per heavy atom. The fraction of sp³-hybridized carbons (Fsp3) is 0.333. The number of hydrogen-bond donors (Lipinski definition) is 2. The summed E-state index contributed by atoms with van der Waals surface area (Å²) < 4.78 is 8.28. The van der Waals surface area contributed by atoms with E-state index in [9.17, 15) is 4.79 Å². The van der Waals surface area contributed by atoms with Gasteiger partial charge in [0.1, 0.15) is 17.3 Å². The Balaban J connectivity index is 1.66.